The first-order valence-electron chi connectivity index (χ1n) is 7.98. The Labute approximate surface area is 140 Å². The predicted molar refractivity (Wildman–Crippen MR) is 94.0 cm³/mol. The lowest BCUT2D eigenvalue weighted by Gasteiger charge is -2.24. The first-order valence-corrected chi connectivity index (χ1v) is 8.76. The van der Waals surface area contributed by atoms with Gasteiger partial charge in [0.05, 0.1) is 4.70 Å². The number of ether oxygens (including phenoxy) is 1. The van der Waals surface area contributed by atoms with E-state index in [1.165, 1.54) is 21.6 Å². The molecule has 1 aliphatic heterocycles. The number of benzene rings is 1. The molecule has 23 heavy (non-hydrogen) atoms. The average molecular weight is 333 g/mol. The van der Waals surface area contributed by atoms with Gasteiger partial charge in [-0.1, -0.05) is 12.1 Å². The molecule has 1 atom stereocenters. The fourth-order valence-corrected chi connectivity index (χ4v) is 3.50. The normalized spacial score (nSPS) is 18.4. The highest BCUT2D eigenvalue weighted by Crippen LogP contribution is 2.27. The molecule has 0 saturated carbocycles. The van der Waals surface area contributed by atoms with E-state index in [9.17, 15) is 4.79 Å². The molecule has 0 radical (unpaired) electrons. The Morgan fingerprint density at radius 1 is 1.43 bits per heavy atom. The van der Waals surface area contributed by atoms with Gasteiger partial charge in [0, 0.05) is 25.0 Å². The molecule has 2 aromatic rings. The largest absolute Gasteiger partial charge is 0.444 e. The van der Waals surface area contributed by atoms with E-state index in [1.807, 2.05) is 32.9 Å². The number of anilines is 1. The lowest BCUT2D eigenvalue weighted by molar-refractivity contribution is 0.0289. The van der Waals surface area contributed by atoms with E-state index in [0.29, 0.717) is 5.92 Å². The van der Waals surface area contributed by atoms with E-state index in [2.05, 4.69) is 21.8 Å². The number of hydrogen-bond acceptors (Lipinski definition) is 5. The number of carbonyl (C=O) groups is 1. The van der Waals surface area contributed by atoms with Crippen molar-refractivity contribution in [1.29, 1.82) is 0 Å². The minimum atomic E-state index is -0.438. The van der Waals surface area contributed by atoms with Crippen LogP contribution in [0.4, 0.5) is 10.6 Å². The number of nitrogens with zero attached hydrogens (tertiary/aromatic N) is 2. The van der Waals surface area contributed by atoms with E-state index >= 15 is 0 Å². The number of hydrogen-bond donors (Lipinski definition) is 1. The number of carbonyl (C=O) groups excluding carboxylic acids is 1. The number of aromatic nitrogens is 1. The number of nitrogens with one attached hydrogen (secondary N) is 1. The summed E-state index contributed by atoms with van der Waals surface area (Å²) in [6, 6.07) is 8.22. The van der Waals surface area contributed by atoms with Gasteiger partial charge in [0.15, 0.2) is 0 Å². The van der Waals surface area contributed by atoms with Gasteiger partial charge in [-0.25, -0.2) is 4.79 Å². The lowest BCUT2D eigenvalue weighted by Crippen LogP contribution is -2.35. The van der Waals surface area contributed by atoms with E-state index in [0.717, 1.165) is 31.9 Å². The zero-order valence-corrected chi connectivity index (χ0v) is 14.7. The van der Waals surface area contributed by atoms with Crippen LogP contribution in [-0.4, -0.2) is 40.6 Å². The molecule has 1 aliphatic rings. The summed E-state index contributed by atoms with van der Waals surface area (Å²) in [6.07, 6.45) is 0.785. The van der Waals surface area contributed by atoms with Gasteiger partial charge in [-0.15, -0.1) is 0 Å². The van der Waals surface area contributed by atoms with Crippen molar-refractivity contribution in [3.63, 3.8) is 0 Å². The average Bonchev–Trinajstić information content (AvgIpc) is 3.10. The van der Waals surface area contributed by atoms with Gasteiger partial charge < -0.3 is 15.0 Å². The second kappa shape index (κ2) is 6.35. The highest BCUT2D eigenvalue weighted by molar-refractivity contribution is 7.13. The van der Waals surface area contributed by atoms with E-state index in [4.69, 9.17) is 4.74 Å². The number of amides is 1. The van der Waals surface area contributed by atoms with E-state index < -0.39 is 5.60 Å². The number of rotatable bonds is 3. The molecule has 2 heterocycles. The molecule has 5 nitrogen and oxygen atoms in total. The molecule has 0 bridgehead atoms. The van der Waals surface area contributed by atoms with Crippen molar-refractivity contribution in [2.75, 3.05) is 25.0 Å². The fraction of sp³-hybridized carbons (Fsp3) is 0.529. The van der Waals surface area contributed by atoms with Gasteiger partial charge in [0.2, 0.25) is 0 Å². The third-order valence-electron chi connectivity index (χ3n) is 3.87. The van der Waals surface area contributed by atoms with E-state index in [-0.39, 0.29) is 6.09 Å². The lowest BCUT2D eigenvalue weighted by atomic mass is 10.1. The van der Waals surface area contributed by atoms with Gasteiger partial charge in [0.1, 0.15) is 11.4 Å². The van der Waals surface area contributed by atoms with Crippen LogP contribution < -0.4 is 5.32 Å². The molecule has 1 aromatic heterocycles. The van der Waals surface area contributed by atoms with Gasteiger partial charge >= 0.3 is 6.09 Å². The SMILES string of the molecule is CC(C)(C)OC(=O)N1CC[C@@H](CNc2nsc3ccccc23)C1. The van der Waals surface area contributed by atoms with E-state index in [1.54, 1.807) is 4.90 Å². The molecule has 1 fully saturated rings. The quantitative estimate of drug-likeness (QED) is 0.923. The highest BCUT2D eigenvalue weighted by atomic mass is 32.1. The summed E-state index contributed by atoms with van der Waals surface area (Å²) in [7, 11) is 0. The Kier molecular flexibility index (Phi) is 4.43. The third-order valence-corrected chi connectivity index (χ3v) is 4.70. The molecule has 0 spiro atoms. The minimum Gasteiger partial charge on any atom is -0.444 e. The molecule has 0 aliphatic carbocycles. The van der Waals surface area contributed by atoms with Gasteiger partial charge in [0.25, 0.3) is 0 Å². The molecule has 1 amide bonds. The Morgan fingerprint density at radius 2 is 2.22 bits per heavy atom. The minimum absolute atomic E-state index is 0.209. The summed E-state index contributed by atoms with van der Waals surface area (Å²) in [5.41, 5.74) is -0.438. The summed E-state index contributed by atoms with van der Waals surface area (Å²) in [5.74, 6) is 1.38. The smallest absolute Gasteiger partial charge is 0.410 e. The zero-order chi connectivity index (χ0) is 16.4. The molecular formula is C17H23N3O2S. The van der Waals surface area contributed by atoms with Crippen LogP contribution in [0.3, 0.4) is 0 Å². The first kappa shape index (κ1) is 16.1. The Bertz CT molecular complexity index is 692. The summed E-state index contributed by atoms with van der Waals surface area (Å²) in [5, 5.41) is 4.60. The van der Waals surface area contributed by atoms with Crippen LogP contribution in [0.25, 0.3) is 10.1 Å². The van der Waals surface area contributed by atoms with Crippen LogP contribution in [0.1, 0.15) is 27.2 Å². The standard InChI is InChI=1S/C17H23N3O2S/c1-17(2,3)22-16(21)20-9-8-12(11-20)10-18-15-13-6-4-5-7-14(13)23-19-15/h4-7,12H,8-11H2,1-3H3,(H,18,19)/t12-/m0/s1. The zero-order valence-electron chi connectivity index (χ0n) is 13.8. The molecule has 0 unspecified atom stereocenters. The van der Waals surface area contributed by atoms with Crippen molar-refractivity contribution in [2.45, 2.75) is 32.8 Å². The van der Waals surface area contributed by atoms with Crippen LogP contribution in [-0.2, 0) is 4.74 Å². The second-order valence-electron chi connectivity index (χ2n) is 6.99. The first-order chi connectivity index (χ1) is 10.9. The maximum Gasteiger partial charge on any atom is 0.410 e. The van der Waals surface area contributed by atoms with Crippen molar-refractivity contribution < 1.29 is 9.53 Å². The summed E-state index contributed by atoms with van der Waals surface area (Å²) in [6.45, 7) is 8.02. The van der Waals surface area contributed by atoms with Crippen molar-refractivity contribution in [1.82, 2.24) is 9.27 Å². The monoisotopic (exact) mass is 333 g/mol. The van der Waals surface area contributed by atoms with Gasteiger partial charge in [-0.3, -0.25) is 0 Å². The van der Waals surface area contributed by atoms with Crippen molar-refractivity contribution in [2.24, 2.45) is 5.92 Å². The van der Waals surface area contributed by atoms with Crippen LogP contribution in [0.2, 0.25) is 0 Å². The topological polar surface area (TPSA) is 54.5 Å². The molecule has 1 aromatic carbocycles. The maximum absolute atomic E-state index is 12.1. The maximum atomic E-state index is 12.1. The fourth-order valence-electron chi connectivity index (χ4n) is 2.75. The molecular weight excluding hydrogens is 310 g/mol. The molecule has 1 N–H and O–H groups in total. The predicted octanol–water partition coefficient (Wildman–Crippen LogP) is 3.97. The molecule has 1 saturated heterocycles. The summed E-state index contributed by atoms with van der Waals surface area (Å²) in [4.78, 5) is 13.9. The van der Waals surface area contributed by atoms with Crippen molar-refractivity contribution >= 4 is 33.5 Å². The molecule has 3 rings (SSSR count). The third kappa shape index (κ3) is 3.93. The Hall–Kier alpha value is -1.82. The summed E-state index contributed by atoms with van der Waals surface area (Å²) >= 11 is 1.51. The Balaban J connectivity index is 1.53. The Morgan fingerprint density at radius 3 is 3.00 bits per heavy atom. The highest BCUT2D eigenvalue weighted by Gasteiger charge is 2.29. The van der Waals surface area contributed by atoms with Crippen molar-refractivity contribution in [3.8, 4) is 0 Å². The molecule has 6 heteroatoms. The molecule has 124 valence electrons. The van der Waals surface area contributed by atoms with Crippen LogP contribution in [0.15, 0.2) is 24.3 Å². The van der Waals surface area contributed by atoms with Crippen LogP contribution in [0, 0.1) is 5.92 Å². The van der Waals surface area contributed by atoms with Crippen molar-refractivity contribution in [3.05, 3.63) is 24.3 Å². The second-order valence-corrected chi connectivity index (χ2v) is 7.79. The van der Waals surface area contributed by atoms with Crippen LogP contribution in [0.5, 0.6) is 0 Å². The number of fused-ring (bicyclic) bond motifs is 1. The van der Waals surface area contributed by atoms with Gasteiger partial charge in [-0.05, 0) is 56.8 Å². The summed E-state index contributed by atoms with van der Waals surface area (Å²) < 4.78 is 11.1. The number of likely N-dealkylation sites (tertiary alicyclic amines) is 1. The van der Waals surface area contributed by atoms with Crippen LogP contribution >= 0.6 is 11.5 Å². The van der Waals surface area contributed by atoms with Gasteiger partial charge in [-0.2, -0.15) is 4.37 Å².